The number of carbonyl (C=O) groups excluding carboxylic acids is 2. The second-order valence-electron chi connectivity index (χ2n) is 8.57. The quantitative estimate of drug-likeness (QED) is 0.349. The van der Waals surface area contributed by atoms with Crippen LogP contribution in [0.5, 0.6) is 0 Å². The van der Waals surface area contributed by atoms with Crippen LogP contribution in [-0.2, 0) is 28.3 Å². The van der Waals surface area contributed by atoms with Gasteiger partial charge in [-0.15, -0.1) is 11.8 Å². The van der Waals surface area contributed by atoms with E-state index in [1.165, 1.54) is 17.8 Å². The van der Waals surface area contributed by atoms with Crippen LogP contribution in [0.25, 0.3) is 0 Å². The van der Waals surface area contributed by atoms with E-state index in [0.29, 0.717) is 22.8 Å². The second kappa shape index (κ2) is 13.3. The Balaban J connectivity index is 1.86. The molecule has 184 valence electrons. The van der Waals surface area contributed by atoms with Gasteiger partial charge in [-0.2, -0.15) is 0 Å². The van der Waals surface area contributed by atoms with Crippen molar-refractivity contribution in [2.24, 2.45) is 0 Å². The summed E-state index contributed by atoms with van der Waals surface area (Å²) in [5.41, 5.74) is 2.26. The molecule has 0 saturated heterocycles. The molecule has 1 N–H and O–H groups in total. The Hall–Kier alpha value is -2.83. The van der Waals surface area contributed by atoms with Crippen LogP contribution in [0.4, 0.5) is 4.39 Å². The number of nitrogens with zero attached hydrogens (tertiary/aromatic N) is 1. The Morgan fingerprint density at radius 2 is 1.57 bits per heavy atom. The molecule has 1 atom stereocenters. The van der Waals surface area contributed by atoms with E-state index in [2.05, 4.69) is 5.32 Å². The van der Waals surface area contributed by atoms with Crippen molar-refractivity contribution in [3.63, 3.8) is 0 Å². The van der Waals surface area contributed by atoms with Crippen molar-refractivity contribution in [1.29, 1.82) is 0 Å². The smallest absolute Gasteiger partial charge is 0.243 e. The summed E-state index contributed by atoms with van der Waals surface area (Å²) in [6.45, 7) is 3.98. The van der Waals surface area contributed by atoms with Crippen LogP contribution in [0.1, 0.15) is 30.5 Å². The van der Waals surface area contributed by atoms with Crippen LogP contribution in [0.3, 0.4) is 0 Å². The number of benzene rings is 3. The van der Waals surface area contributed by atoms with Crippen molar-refractivity contribution in [2.75, 3.05) is 5.75 Å². The highest BCUT2D eigenvalue weighted by atomic mass is 35.5. The van der Waals surface area contributed by atoms with Crippen LogP contribution in [0.15, 0.2) is 78.9 Å². The molecule has 0 aliphatic heterocycles. The molecular formula is C28H30ClFN2O2S. The number of carbonyl (C=O) groups is 2. The Labute approximate surface area is 215 Å². The molecule has 0 radical (unpaired) electrons. The van der Waals surface area contributed by atoms with E-state index in [0.717, 1.165) is 11.1 Å². The van der Waals surface area contributed by atoms with E-state index in [1.54, 1.807) is 29.2 Å². The summed E-state index contributed by atoms with van der Waals surface area (Å²) < 4.78 is 14.0. The van der Waals surface area contributed by atoms with Gasteiger partial charge in [0.15, 0.2) is 0 Å². The van der Waals surface area contributed by atoms with Crippen LogP contribution < -0.4 is 5.32 Å². The lowest BCUT2D eigenvalue weighted by molar-refractivity contribution is -0.139. The maximum Gasteiger partial charge on any atom is 0.243 e. The highest BCUT2D eigenvalue weighted by Gasteiger charge is 2.31. The number of rotatable bonds is 11. The van der Waals surface area contributed by atoms with Gasteiger partial charge in [0.05, 0.1) is 5.75 Å². The molecule has 3 aromatic rings. The number of thioether (sulfide) groups is 1. The molecule has 4 nitrogen and oxygen atoms in total. The van der Waals surface area contributed by atoms with Crippen LogP contribution in [0, 0.1) is 5.82 Å². The van der Waals surface area contributed by atoms with Crippen molar-refractivity contribution >= 4 is 35.2 Å². The van der Waals surface area contributed by atoms with Gasteiger partial charge in [0.2, 0.25) is 11.8 Å². The average Bonchev–Trinajstić information content (AvgIpc) is 2.83. The number of nitrogens with one attached hydrogen (secondary N) is 1. The van der Waals surface area contributed by atoms with Crippen molar-refractivity contribution in [3.8, 4) is 0 Å². The first-order valence-corrected chi connectivity index (χ1v) is 13.1. The lowest BCUT2D eigenvalue weighted by atomic mass is 10.0. The number of hydrogen-bond donors (Lipinski definition) is 1. The minimum atomic E-state index is -0.724. The van der Waals surface area contributed by atoms with E-state index in [1.807, 2.05) is 62.4 Å². The first-order valence-electron chi connectivity index (χ1n) is 11.5. The minimum absolute atomic E-state index is 0.0755. The number of hydrogen-bond acceptors (Lipinski definition) is 3. The van der Waals surface area contributed by atoms with Gasteiger partial charge in [-0.3, -0.25) is 9.59 Å². The van der Waals surface area contributed by atoms with Gasteiger partial charge < -0.3 is 10.2 Å². The lowest BCUT2D eigenvalue weighted by Gasteiger charge is -2.32. The Kier molecular flexibility index (Phi) is 10.2. The van der Waals surface area contributed by atoms with Gasteiger partial charge in [-0.1, -0.05) is 78.3 Å². The molecular weight excluding hydrogens is 483 g/mol. The van der Waals surface area contributed by atoms with E-state index >= 15 is 0 Å². The molecule has 0 unspecified atom stereocenters. The largest absolute Gasteiger partial charge is 0.352 e. The zero-order valence-electron chi connectivity index (χ0n) is 19.9. The van der Waals surface area contributed by atoms with Gasteiger partial charge in [-0.05, 0) is 42.7 Å². The van der Waals surface area contributed by atoms with Crippen LogP contribution >= 0.6 is 23.4 Å². The van der Waals surface area contributed by atoms with E-state index in [4.69, 9.17) is 11.6 Å². The minimum Gasteiger partial charge on any atom is -0.352 e. The molecule has 7 heteroatoms. The SMILES string of the molecule is CC(C)NC(=O)[C@H](Cc1ccccc1)N(Cc1ccccc1Cl)C(=O)CSCc1ccccc1F. The predicted molar refractivity (Wildman–Crippen MR) is 142 cm³/mol. The summed E-state index contributed by atoms with van der Waals surface area (Å²) >= 11 is 7.74. The monoisotopic (exact) mass is 512 g/mol. The maximum atomic E-state index is 14.0. The summed E-state index contributed by atoms with van der Waals surface area (Å²) in [5.74, 6) is -0.244. The van der Waals surface area contributed by atoms with Gasteiger partial charge in [0, 0.05) is 29.8 Å². The molecule has 0 aliphatic carbocycles. The average molecular weight is 513 g/mol. The summed E-state index contributed by atoms with van der Waals surface area (Å²) in [6, 6.07) is 22.7. The molecule has 0 bridgehead atoms. The molecule has 0 aliphatic rings. The Morgan fingerprint density at radius 3 is 2.23 bits per heavy atom. The fraction of sp³-hybridized carbons (Fsp3) is 0.286. The molecule has 35 heavy (non-hydrogen) atoms. The topological polar surface area (TPSA) is 49.4 Å². The first kappa shape index (κ1) is 26.8. The fourth-order valence-corrected chi connectivity index (χ4v) is 4.78. The van der Waals surface area contributed by atoms with Crippen LogP contribution in [0.2, 0.25) is 5.02 Å². The molecule has 0 aromatic heterocycles. The Morgan fingerprint density at radius 1 is 0.943 bits per heavy atom. The summed E-state index contributed by atoms with van der Waals surface area (Å²) in [6.07, 6.45) is 0.369. The third-order valence-electron chi connectivity index (χ3n) is 5.44. The molecule has 0 heterocycles. The summed E-state index contributed by atoms with van der Waals surface area (Å²) in [4.78, 5) is 28.5. The van der Waals surface area contributed by atoms with E-state index < -0.39 is 6.04 Å². The third-order valence-corrected chi connectivity index (χ3v) is 6.78. The van der Waals surface area contributed by atoms with Crippen molar-refractivity contribution in [2.45, 2.75) is 44.6 Å². The zero-order valence-corrected chi connectivity index (χ0v) is 21.5. The lowest BCUT2D eigenvalue weighted by Crippen LogP contribution is -2.52. The highest BCUT2D eigenvalue weighted by Crippen LogP contribution is 2.22. The van der Waals surface area contributed by atoms with Gasteiger partial charge in [0.25, 0.3) is 0 Å². The second-order valence-corrected chi connectivity index (χ2v) is 9.96. The van der Waals surface area contributed by atoms with E-state index in [9.17, 15) is 14.0 Å². The third kappa shape index (κ3) is 8.11. The summed E-state index contributed by atoms with van der Waals surface area (Å²) in [5, 5.41) is 3.50. The molecule has 0 saturated carbocycles. The summed E-state index contributed by atoms with van der Waals surface area (Å²) in [7, 11) is 0. The fourth-order valence-electron chi connectivity index (χ4n) is 3.69. The predicted octanol–water partition coefficient (Wildman–Crippen LogP) is 5.88. The van der Waals surface area contributed by atoms with E-state index in [-0.39, 0.29) is 36.0 Å². The molecule has 3 aromatic carbocycles. The number of amides is 2. The van der Waals surface area contributed by atoms with Gasteiger partial charge in [0.1, 0.15) is 11.9 Å². The van der Waals surface area contributed by atoms with Crippen molar-refractivity contribution in [1.82, 2.24) is 10.2 Å². The van der Waals surface area contributed by atoms with Gasteiger partial charge in [-0.25, -0.2) is 4.39 Å². The van der Waals surface area contributed by atoms with Crippen LogP contribution in [-0.4, -0.2) is 34.6 Å². The first-order chi connectivity index (χ1) is 16.8. The molecule has 0 fully saturated rings. The van der Waals surface area contributed by atoms with Gasteiger partial charge >= 0.3 is 0 Å². The zero-order chi connectivity index (χ0) is 25.2. The Bertz CT molecular complexity index is 1130. The highest BCUT2D eigenvalue weighted by molar-refractivity contribution is 7.99. The molecule has 3 rings (SSSR count). The van der Waals surface area contributed by atoms with Crippen molar-refractivity contribution in [3.05, 3.63) is 106 Å². The maximum absolute atomic E-state index is 14.0. The molecule has 2 amide bonds. The normalized spacial score (nSPS) is 11.8. The number of halogens is 2. The standard InChI is InChI=1S/C28H30ClFN2O2S/c1-20(2)31-28(34)26(16-21-10-4-3-5-11-21)32(17-22-12-6-8-14-24(22)29)27(33)19-35-18-23-13-7-9-15-25(23)30/h3-15,20,26H,16-19H2,1-2H3,(H,31,34)/t26-/m0/s1. The van der Waals surface area contributed by atoms with Crippen molar-refractivity contribution < 1.29 is 14.0 Å². The molecule has 0 spiro atoms.